The Balaban J connectivity index is 2.22. The van der Waals surface area contributed by atoms with Crippen molar-refractivity contribution in [3.05, 3.63) is 29.8 Å². The third-order valence-corrected chi connectivity index (χ3v) is 3.49. The van der Waals surface area contributed by atoms with Crippen LogP contribution < -0.4 is 4.90 Å². The molecular weight excluding hydrogens is 222 g/mol. The van der Waals surface area contributed by atoms with Gasteiger partial charge in [0.1, 0.15) is 0 Å². The molecular formula is C16H25NO. The average molecular weight is 247 g/mol. The molecule has 1 aliphatic rings. The van der Waals surface area contributed by atoms with Gasteiger partial charge in [0.25, 0.3) is 0 Å². The summed E-state index contributed by atoms with van der Waals surface area (Å²) in [5, 5.41) is 10.1. The van der Waals surface area contributed by atoms with Crippen LogP contribution in [0.25, 0.3) is 0 Å². The normalized spacial score (nSPS) is 19.4. The van der Waals surface area contributed by atoms with Gasteiger partial charge in [-0.15, -0.1) is 0 Å². The third kappa shape index (κ3) is 3.05. The van der Waals surface area contributed by atoms with Crippen LogP contribution in [0.1, 0.15) is 45.6 Å². The Kier molecular flexibility index (Phi) is 3.67. The Morgan fingerprint density at radius 2 is 2.00 bits per heavy atom. The molecule has 0 saturated heterocycles. The molecule has 0 amide bonds. The monoisotopic (exact) mass is 247 g/mol. The number of anilines is 1. The number of para-hydroxylation sites is 1. The molecule has 2 rings (SSSR count). The van der Waals surface area contributed by atoms with E-state index >= 15 is 0 Å². The van der Waals surface area contributed by atoms with Crippen LogP contribution in [-0.2, 0) is 0 Å². The lowest BCUT2D eigenvalue weighted by molar-refractivity contribution is 0.0644. The predicted molar refractivity (Wildman–Crippen MR) is 77.1 cm³/mol. The maximum absolute atomic E-state index is 10.1. The molecule has 18 heavy (non-hydrogen) atoms. The molecule has 1 atom stereocenters. The molecule has 2 heteroatoms. The number of nitrogens with zero attached hydrogens (tertiary/aromatic N) is 1. The molecule has 1 unspecified atom stereocenters. The van der Waals surface area contributed by atoms with Gasteiger partial charge in [0.15, 0.2) is 0 Å². The number of hydrogen-bond acceptors (Lipinski definition) is 2. The van der Waals surface area contributed by atoms with Crippen molar-refractivity contribution in [2.75, 3.05) is 18.0 Å². The van der Waals surface area contributed by atoms with Crippen molar-refractivity contribution in [2.45, 2.75) is 45.6 Å². The summed E-state index contributed by atoms with van der Waals surface area (Å²) in [6.45, 7) is 10.5. The Labute approximate surface area is 111 Å². The largest absolute Gasteiger partial charge is 0.390 e. The van der Waals surface area contributed by atoms with Crippen molar-refractivity contribution < 1.29 is 5.11 Å². The van der Waals surface area contributed by atoms with Gasteiger partial charge in [-0.2, -0.15) is 0 Å². The van der Waals surface area contributed by atoms with E-state index in [1.807, 2.05) is 13.8 Å². The molecule has 0 fully saturated rings. The summed E-state index contributed by atoms with van der Waals surface area (Å²) in [7, 11) is 0. The maximum Gasteiger partial charge on any atom is 0.0598 e. The van der Waals surface area contributed by atoms with Gasteiger partial charge < -0.3 is 10.0 Å². The summed E-state index contributed by atoms with van der Waals surface area (Å²) in [5.74, 6) is 1.12. The summed E-state index contributed by atoms with van der Waals surface area (Å²) in [4.78, 5) is 2.47. The first kappa shape index (κ1) is 13.4. The fourth-order valence-electron chi connectivity index (χ4n) is 2.97. The summed E-state index contributed by atoms with van der Waals surface area (Å²) in [5.41, 5.74) is 2.17. The molecule has 100 valence electrons. The fraction of sp³-hybridized carbons (Fsp3) is 0.625. The number of aliphatic hydroxyl groups is 1. The molecule has 1 heterocycles. The minimum atomic E-state index is -0.592. The van der Waals surface area contributed by atoms with Crippen LogP contribution in [0.15, 0.2) is 24.3 Å². The van der Waals surface area contributed by atoms with Gasteiger partial charge in [0.05, 0.1) is 5.60 Å². The molecule has 1 aromatic rings. The molecule has 0 aromatic heterocycles. The Morgan fingerprint density at radius 3 is 2.61 bits per heavy atom. The van der Waals surface area contributed by atoms with Crippen molar-refractivity contribution >= 4 is 5.69 Å². The lowest BCUT2D eigenvalue weighted by Gasteiger charge is -2.24. The van der Waals surface area contributed by atoms with E-state index in [0.717, 1.165) is 19.5 Å². The average Bonchev–Trinajstić information content (AvgIpc) is 2.54. The maximum atomic E-state index is 10.1. The zero-order chi connectivity index (χ0) is 13.3. The highest BCUT2D eigenvalue weighted by Crippen LogP contribution is 2.40. The number of rotatable bonds is 4. The Bertz CT molecular complexity index is 406. The van der Waals surface area contributed by atoms with Gasteiger partial charge in [-0.25, -0.2) is 0 Å². The van der Waals surface area contributed by atoms with Crippen molar-refractivity contribution in [1.29, 1.82) is 0 Å². The van der Waals surface area contributed by atoms with E-state index in [4.69, 9.17) is 0 Å². The second kappa shape index (κ2) is 4.93. The highest BCUT2D eigenvalue weighted by molar-refractivity contribution is 5.60. The standard InChI is InChI=1S/C16H25NO/c1-12(2)10-17-11-13(9-16(3,4)18)14-7-5-6-8-15(14)17/h5-8,12-13,18H,9-11H2,1-4H3. The SMILES string of the molecule is CC(C)CN1CC(CC(C)(C)O)c2ccccc21. The first-order chi connectivity index (χ1) is 8.37. The molecule has 0 aliphatic carbocycles. The van der Waals surface area contributed by atoms with Crippen LogP contribution in [0.3, 0.4) is 0 Å². The quantitative estimate of drug-likeness (QED) is 0.881. The van der Waals surface area contributed by atoms with E-state index in [1.54, 1.807) is 0 Å². The minimum Gasteiger partial charge on any atom is -0.390 e. The molecule has 0 radical (unpaired) electrons. The predicted octanol–water partition coefficient (Wildman–Crippen LogP) is 3.41. The van der Waals surface area contributed by atoms with Gasteiger partial charge in [-0.1, -0.05) is 32.0 Å². The van der Waals surface area contributed by atoms with Gasteiger partial charge in [-0.3, -0.25) is 0 Å². The summed E-state index contributed by atoms with van der Waals surface area (Å²) >= 11 is 0. The zero-order valence-corrected chi connectivity index (χ0v) is 12.0. The molecule has 0 bridgehead atoms. The summed E-state index contributed by atoms with van der Waals surface area (Å²) in [6.07, 6.45) is 0.832. The highest BCUT2D eigenvalue weighted by Gasteiger charge is 2.31. The second-order valence-corrected chi connectivity index (χ2v) is 6.57. The van der Waals surface area contributed by atoms with Crippen molar-refractivity contribution in [2.24, 2.45) is 5.92 Å². The topological polar surface area (TPSA) is 23.5 Å². The Hall–Kier alpha value is -1.02. The molecule has 1 aromatic carbocycles. The highest BCUT2D eigenvalue weighted by atomic mass is 16.3. The van der Waals surface area contributed by atoms with Gasteiger partial charge in [-0.05, 0) is 37.8 Å². The number of benzene rings is 1. The zero-order valence-electron chi connectivity index (χ0n) is 12.0. The van der Waals surface area contributed by atoms with E-state index < -0.39 is 5.60 Å². The summed E-state index contributed by atoms with van der Waals surface area (Å²) < 4.78 is 0. The molecule has 0 saturated carbocycles. The van der Waals surface area contributed by atoms with Gasteiger partial charge in [0.2, 0.25) is 0 Å². The van der Waals surface area contributed by atoms with Crippen LogP contribution in [0.2, 0.25) is 0 Å². The first-order valence-corrected chi connectivity index (χ1v) is 6.93. The number of fused-ring (bicyclic) bond motifs is 1. The fourth-order valence-corrected chi connectivity index (χ4v) is 2.97. The first-order valence-electron chi connectivity index (χ1n) is 6.93. The van der Waals surface area contributed by atoms with Gasteiger partial charge >= 0.3 is 0 Å². The van der Waals surface area contributed by atoms with Gasteiger partial charge in [0, 0.05) is 24.7 Å². The summed E-state index contributed by atoms with van der Waals surface area (Å²) in [6, 6.07) is 8.64. The third-order valence-electron chi connectivity index (χ3n) is 3.49. The molecule has 0 spiro atoms. The lowest BCUT2D eigenvalue weighted by atomic mass is 9.89. The van der Waals surface area contributed by atoms with Crippen LogP contribution in [0.4, 0.5) is 5.69 Å². The number of hydrogen-bond donors (Lipinski definition) is 1. The minimum absolute atomic E-state index is 0.458. The molecule has 1 N–H and O–H groups in total. The van der Waals surface area contributed by atoms with E-state index in [-0.39, 0.29) is 0 Å². The van der Waals surface area contributed by atoms with Crippen molar-refractivity contribution in [1.82, 2.24) is 0 Å². The van der Waals surface area contributed by atoms with E-state index in [1.165, 1.54) is 11.3 Å². The van der Waals surface area contributed by atoms with Crippen LogP contribution >= 0.6 is 0 Å². The molecule has 1 aliphatic heterocycles. The lowest BCUT2D eigenvalue weighted by Crippen LogP contribution is -2.29. The molecule has 2 nitrogen and oxygen atoms in total. The van der Waals surface area contributed by atoms with Crippen LogP contribution in [-0.4, -0.2) is 23.8 Å². The van der Waals surface area contributed by atoms with E-state index in [2.05, 4.69) is 43.0 Å². The van der Waals surface area contributed by atoms with E-state index in [9.17, 15) is 5.11 Å². The Morgan fingerprint density at radius 1 is 1.33 bits per heavy atom. The van der Waals surface area contributed by atoms with Crippen molar-refractivity contribution in [3.8, 4) is 0 Å². The smallest absolute Gasteiger partial charge is 0.0598 e. The second-order valence-electron chi connectivity index (χ2n) is 6.57. The van der Waals surface area contributed by atoms with E-state index in [0.29, 0.717) is 11.8 Å². The van der Waals surface area contributed by atoms with Crippen LogP contribution in [0, 0.1) is 5.92 Å². The van der Waals surface area contributed by atoms with Crippen LogP contribution in [0.5, 0.6) is 0 Å². The van der Waals surface area contributed by atoms with Crippen molar-refractivity contribution in [3.63, 3.8) is 0 Å².